The summed E-state index contributed by atoms with van der Waals surface area (Å²) in [4.78, 5) is 1.15. The number of benzene rings is 1. The molecule has 1 N–H and O–H groups in total. The third-order valence-electron chi connectivity index (χ3n) is 2.89. The Balaban J connectivity index is 2.18. The first-order valence-electron chi connectivity index (χ1n) is 5.66. The van der Waals surface area contributed by atoms with Crippen molar-refractivity contribution in [2.75, 3.05) is 7.11 Å². The average molecular weight is 327 g/mol. The van der Waals surface area contributed by atoms with Gasteiger partial charge in [-0.25, -0.2) is 0 Å². The Labute approximate surface area is 119 Å². The van der Waals surface area contributed by atoms with E-state index in [1.165, 1.54) is 0 Å². The molecule has 0 amide bonds. The Kier molecular flexibility index (Phi) is 4.43. The molecule has 0 aliphatic heterocycles. The van der Waals surface area contributed by atoms with E-state index in [0.717, 1.165) is 26.2 Å². The molecule has 1 heterocycles. The average Bonchev–Trinajstić information content (AvgIpc) is 2.75. The van der Waals surface area contributed by atoms with E-state index in [4.69, 9.17) is 4.74 Å². The summed E-state index contributed by atoms with van der Waals surface area (Å²) < 4.78 is 6.34. The Morgan fingerprint density at radius 1 is 1.39 bits per heavy atom. The van der Waals surface area contributed by atoms with E-state index >= 15 is 0 Å². The minimum Gasteiger partial charge on any atom is -0.496 e. The van der Waals surface area contributed by atoms with Crippen molar-refractivity contribution in [2.45, 2.75) is 19.4 Å². The van der Waals surface area contributed by atoms with Crippen molar-refractivity contribution < 1.29 is 9.84 Å². The number of aliphatic hydroxyl groups is 1. The molecule has 2 aromatic rings. The third-order valence-corrected chi connectivity index (χ3v) is 4.84. The molecule has 1 aromatic carbocycles. The maximum atomic E-state index is 10.3. The first-order chi connectivity index (χ1) is 8.61. The predicted molar refractivity (Wildman–Crippen MR) is 78.4 cm³/mol. The highest BCUT2D eigenvalue weighted by Crippen LogP contribution is 2.30. The van der Waals surface area contributed by atoms with Crippen LogP contribution >= 0.6 is 27.3 Å². The van der Waals surface area contributed by atoms with Crippen molar-refractivity contribution >= 4 is 27.3 Å². The maximum Gasteiger partial charge on any atom is 0.122 e. The second-order valence-electron chi connectivity index (χ2n) is 4.14. The van der Waals surface area contributed by atoms with E-state index in [2.05, 4.69) is 15.9 Å². The molecule has 1 atom stereocenters. The monoisotopic (exact) mass is 326 g/mol. The Bertz CT molecular complexity index is 536. The van der Waals surface area contributed by atoms with Gasteiger partial charge < -0.3 is 9.84 Å². The van der Waals surface area contributed by atoms with E-state index < -0.39 is 6.10 Å². The molecule has 0 spiro atoms. The molecule has 18 heavy (non-hydrogen) atoms. The second-order valence-corrected chi connectivity index (χ2v) is 6.00. The quantitative estimate of drug-likeness (QED) is 0.916. The van der Waals surface area contributed by atoms with Gasteiger partial charge in [0.15, 0.2) is 0 Å². The van der Waals surface area contributed by atoms with Crippen molar-refractivity contribution in [2.24, 2.45) is 0 Å². The molecule has 0 fully saturated rings. The van der Waals surface area contributed by atoms with Crippen LogP contribution in [-0.4, -0.2) is 12.2 Å². The van der Waals surface area contributed by atoms with Crippen molar-refractivity contribution in [3.8, 4) is 5.75 Å². The van der Waals surface area contributed by atoms with Crippen molar-refractivity contribution in [1.29, 1.82) is 0 Å². The predicted octanol–water partition coefficient (Wildman–Crippen LogP) is 4.10. The number of thiophene rings is 1. The SMILES string of the molecule is COc1cc(C(O)Cc2sccc2Br)ccc1C. The van der Waals surface area contributed by atoms with E-state index in [9.17, 15) is 5.11 Å². The lowest BCUT2D eigenvalue weighted by Crippen LogP contribution is -2.02. The zero-order valence-corrected chi connectivity index (χ0v) is 12.7. The van der Waals surface area contributed by atoms with Gasteiger partial charge >= 0.3 is 0 Å². The molecule has 4 heteroatoms. The van der Waals surface area contributed by atoms with Crippen molar-refractivity contribution in [3.05, 3.63) is 50.1 Å². The van der Waals surface area contributed by atoms with Gasteiger partial charge in [-0.1, -0.05) is 12.1 Å². The van der Waals surface area contributed by atoms with Gasteiger partial charge in [0.25, 0.3) is 0 Å². The smallest absolute Gasteiger partial charge is 0.122 e. The normalized spacial score (nSPS) is 12.4. The zero-order chi connectivity index (χ0) is 13.1. The standard InChI is InChI=1S/C14H15BrO2S/c1-9-3-4-10(7-13(9)17-2)12(16)8-14-11(15)5-6-18-14/h3-7,12,16H,8H2,1-2H3. The molecular formula is C14H15BrO2S. The summed E-state index contributed by atoms with van der Waals surface area (Å²) in [5, 5.41) is 12.3. The van der Waals surface area contributed by atoms with Gasteiger partial charge in [0.2, 0.25) is 0 Å². The number of methoxy groups -OCH3 is 1. The molecule has 0 bridgehead atoms. The van der Waals surface area contributed by atoms with Gasteiger partial charge in [0.05, 0.1) is 13.2 Å². The van der Waals surface area contributed by atoms with Gasteiger partial charge in [-0.3, -0.25) is 0 Å². The molecule has 1 aromatic heterocycles. The summed E-state index contributed by atoms with van der Waals surface area (Å²) in [6.07, 6.45) is 0.110. The van der Waals surface area contributed by atoms with Gasteiger partial charge in [-0.2, -0.15) is 0 Å². The van der Waals surface area contributed by atoms with Gasteiger partial charge in [-0.05, 0) is 51.5 Å². The van der Waals surface area contributed by atoms with Gasteiger partial charge in [-0.15, -0.1) is 11.3 Å². The first-order valence-corrected chi connectivity index (χ1v) is 7.33. The molecule has 0 saturated heterocycles. The minimum atomic E-state index is -0.505. The fourth-order valence-corrected chi connectivity index (χ4v) is 3.36. The summed E-state index contributed by atoms with van der Waals surface area (Å²) in [7, 11) is 1.65. The zero-order valence-electron chi connectivity index (χ0n) is 10.3. The number of aliphatic hydroxyl groups excluding tert-OH is 1. The Hall–Kier alpha value is -0.840. The van der Waals surface area contributed by atoms with Crippen LogP contribution in [0.1, 0.15) is 22.1 Å². The van der Waals surface area contributed by atoms with E-state index in [1.54, 1.807) is 18.4 Å². The maximum absolute atomic E-state index is 10.3. The molecule has 2 rings (SSSR count). The van der Waals surface area contributed by atoms with Crippen LogP contribution in [0.4, 0.5) is 0 Å². The Morgan fingerprint density at radius 2 is 2.17 bits per heavy atom. The number of rotatable bonds is 4. The number of aryl methyl sites for hydroxylation is 1. The lowest BCUT2D eigenvalue weighted by molar-refractivity contribution is 0.179. The molecule has 0 radical (unpaired) electrons. The molecule has 1 unspecified atom stereocenters. The molecule has 0 aliphatic rings. The summed E-state index contributed by atoms with van der Waals surface area (Å²) in [5.74, 6) is 0.816. The highest BCUT2D eigenvalue weighted by Gasteiger charge is 2.13. The van der Waals surface area contributed by atoms with Gasteiger partial charge in [0.1, 0.15) is 5.75 Å². The van der Waals surface area contributed by atoms with Crippen LogP contribution < -0.4 is 4.74 Å². The van der Waals surface area contributed by atoms with Crippen LogP contribution in [0.25, 0.3) is 0 Å². The van der Waals surface area contributed by atoms with Crippen LogP contribution in [0.5, 0.6) is 5.75 Å². The summed E-state index contributed by atoms with van der Waals surface area (Å²) >= 11 is 5.13. The van der Waals surface area contributed by atoms with E-state index in [-0.39, 0.29) is 0 Å². The number of halogens is 1. The third kappa shape index (κ3) is 2.94. The molecule has 2 nitrogen and oxygen atoms in total. The van der Waals surface area contributed by atoms with E-state index in [0.29, 0.717) is 6.42 Å². The minimum absolute atomic E-state index is 0.505. The number of hydrogen-bond acceptors (Lipinski definition) is 3. The largest absolute Gasteiger partial charge is 0.496 e. The summed E-state index contributed by atoms with van der Waals surface area (Å²) in [6.45, 7) is 1.99. The topological polar surface area (TPSA) is 29.5 Å². The molecular weight excluding hydrogens is 312 g/mol. The first kappa shape index (κ1) is 13.6. The van der Waals surface area contributed by atoms with Crippen LogP contribution in [0.15, 0.2) is 34.1 Å². The number of hydrogen-bond donors (Lipinski definition) is 1. The van der Waals surface area contributed by atoms with Gasteiger partial charge in [0, 0.05) is 15.8 Å². The lowest BCUT2D eigenvalue weighted by Gasteiger charge is -2.13. The highest BCUT2D eigenvalue weighted by molar-refractivity contribution is 9.10. The van der Waals surface area contributed by atoms with Crippen molar-refractivity contribution in [3.63, 3.8) is 0 Å². The molecule has 0 saturated carbocycles. The summed E-state index contributed by atoms with van der Waals surface area (Å²) in [6, 6.07) is 7.83. The van der Waals surface area contributed by atoms with Crippen LogP contribution in [-0.2, 0) is 6.42 Å². The number of ether oxygens (including phenoxy) is 1. The Morgan fingerprint density at radius 3 is 2.78 bits per heavy atom. The molecule has 0 aliphatic carbocycles. The van der Waals surface area contributed by atoms with Crippen molar-refractivity contribution in [1.82, 2.24) is 0 Å². The van der Waals surface area contributed by atoms with E-state index in [1.807, 2.05) is 36.6 Å². The summed E-state index contributed by atoms with van der Waals surface area (Å²) in [5.41, 5.74) is 1.96. The van der Waals surface area contributed by atoms with Crippen LogP contribution in [0, 0.1) is 6.92 Å². The van der Waals surface area contributed by atoms with Crippen LogP contribution in [0.3, 0.4) is 0 Å². The molecule has 96 valence electrons. The lowest BCUT2D eigenvalue weighted by atomic mass is 10.0. The fraction of sp³-hybridized carbons (Fsp3) is 0.286. The van der Waals surface area contributed by atoms with Crippen LogP contribution in [0.2, 0.25) is 0 Å². The fourth-order valence-electron chi connectivity index (χ4n) is 1.81. The highest BCUT2D eigenvalue weighted by atomic mass is 79.9. The second kappa shape index (κ2) is 5.87.